The molecule has 0 radical (unpaired) electrons. The largest absolute Gasteiger partial charge is 0.351 e. The highest BCUT2D eigenvalue weighted by atomic mass is 15.4. The molecule has 33 heavy (non-hydrogen) atoms. The normalized spacial score (nSPS) is 13.2. The van der Waals surface area contributed by atoms with Crippen LogP contribution in [0.4, 0.5) is 17.8 Å². The maximum absolute atomic E-state index is 6.42. The Morgan fingerprint density at radius 3 is 1.79 bits per heavy atom. The molecule has 0 aliphatic heterocycles. The molecule has 1 aromatic heterocycles. The van der Waals surface area contributed by atoms with Crippen molar-refractivity contribution in [1.29, 1.82) is 0 Å². The van der Waals surface area contributed by atoms with Gasteiger partial charge in [0.1, 0.15) is 0 Å². The average Bonchev–Trinajstić information content (AvgIpc) is 2.69. The van der Waals surface area contributed by atoms with Crippen molar-refractivity contribution in [3.63, 3.8) is 0 Å². The Labute approximate surface area is 204 Å². The second-order valence-corrected chi connectivity index (χ2v) is 11.5. The molecular weight excluding hydrogens is 410 g/mol. The van der Waals surface area contributed by atoms with Gasteiger partial charge >= 0.3 is 0 Å². The quantitative estimate of drug-likeness (QED) is 0.318. The summed E-state index contributed by atoms with van der Waals surface area (Å²) in [5.41, 5.74) is 6.32. The first-order chi connectivity index (χ1) is 15.4. The van der Waals surface area contributed by atoms with E-state index >= 15 is 0 Å². The molecule has 0 aliphatic rings. The molecule has 0 amide bonds. The van der Waals surface area contributed by atoms with Crippen LogP contribution in [-0.4, -0.2) is 53.2 Å². The van der Waals surface area contributed by atoms with E-state index in [4.69, 9.17) is 20.7 Å². The zero-order valence-electron chi connectivity index (χ0n) is 23.2. The van der Waals surface area contributed by atoms with Crippen LogP contribution < -0.4 is 20.9 Å². The van der Waals surface area contributed by atoms with Gasteiger partial charge in [0.25, 0.3) is 0 Å². The van der Waals surface area contributed by atoms with Gasteiger partial charge in [0, 0.05) is 38.3 Å². The maximum atomic E-state index is 6.42. The second kappa shape index (κ2) is 13.9. The lowest BCUT2D eigenvalue weighted by molar-refractivity contribution is 0.312. The topological polar surface area (TPSA) is 83.2 Å². The number of hydrogen-bond donors (Lipinski definition) is 2. The van der Waals surface area contributed by atoms with Crippen molar-refractivity contribution in [3.8, 4) is 0 Å². The van der Waals surface area contributed by atoms with Crippen molar-refractivity contribution < 1.29 is 0 Å². The lowest BCUT2D eigenvalue weighted by Crippen LogP contribution is -2.40. The third kappa shape index (κ3) is 12.4. The molecule has 1 unspecified atom stereocenters. The first-order valence-corrected chi connectivity index (χ1v) is 13.2. The number of nitrogens with two attached hydrogens (primary N) is 1. The summed E-state index contributed by atoms with van der Waals surface area (Å²) >= 11 is 0. The minimum atomic E-state index is -0.270. The van der Waals surface area contributed by atoms with Gasteiger partial charge in [-0.2, -0.15) is 15.0 Å². The smallest absolute Gasteiger partial charge is 0.231 e. The summed E-state index contributed by atoms with van der Waals surface area (Å²) in [7, 11) is 2.08. The molecule has 0 aliphatic carbocycles. The molecule has 0 spiro atoms. The van der Waals surface area contributed by atoms with Crippen LogP contribution in [0.15, 0.2) is 0 Å². The summed E-state index contributed by atoms with van der Waals surface area (Å²) < 4.78 is 0. The molecule has 1 heterocycles. The fraction of sp³-hybridized carbons (Fsp3) is 0.885. The van der Waals surface area contributed by atoms with Gasteiger partial charge in [0.05, 0.1) is 0 Å². The monoisotopic (exact) mass is 463 g/mol. The number of unbranched alkanes of at least 4 members (excludes halogenated alkanes) is 3. The number of aromatic nitrogens is 3. The molecule has 0 fully saturated rings. The van der Waals surface area contributed by atoms with E-state index in [1.54, 1.807) is 0 Å². The molecule has 0 aromatic carbocycles. The molecule has 7 heteroatoms. The summed E-state index contributed by atoms with van der Waals surface area (Å²) in [6.45, 7) is 20.5. The molecule has 1 aromatic rings. The van der Waals surface area contributed by atoms with E-state index in [0.717, 1.165) is 82.9 Å². The van der Waals surface area contributed by atoms with Gasteiger partial charge in [0.15, 0.2) is 0 Å². The number of rotatable bonds is 16. The van der Waals surface area contributed by atoms with E-state index in [1.165, 1.54) is 0 Å². The van der Waals surface area contributed by atoms with E-state index in [2.05, 4.69) is 77.6 Å². The van der Waals surface area contributed by atoms with Gasteiger partial charge < -0.3 is 20.9 Å². The first-order valence-electron chi connectivity index (χ1n) is 13.2. The summed E-state index contributed by atoms with van der Waals surface area (Å²) in [4.78, 5) is 19.2. The minimum absolute atomic E-state index is 0.174. The van der Waals surface area contributed by atoms with Crippen LogP contribution in [0.5, 0.6) is 0 Å². The highest BCUT2D eigenvalue weighted by molar-refractivity contribution is 5.45. The molecule has 1 rings (SSSR count). The van der Waals surface area contributed by atoms with Crippen LogP contribution >= 0.6 is 0 Å². The average molecular weight is 464 g/mol. The lowest BCUT2D eigenvalue weighted by Gasteiger charge is -2.32. The fourth-order valence-electron chi connectivity index (χ4n) is 3.97. The Hall–Kier alpha value is -1.63. The highest BCUT2D eigenvalue weighted by Gasteiger charge is 2.26. The van der Waals surface area contributed by atoms with E-state index in [1.807, 2.05) is 0 Å². The van der Waals surface area contributed by atoms with Crippen molar-refractivity contribution in [2.45, 2.75) is 118 Å². The molecule has 0 saturated heterocycles. The number of hydrogen-bond acceptors (Lipinski definition) is 7. The van der Waals surface area contributed by atoms with Crippen molar-refractivity contribution in [3.05, 3.63) is 0 Å². The standard InChI is InChI=1S/C26H53N7/c1-10-13-16-32(9)23-29-22(28-21(19-25(4,5)6)20-26(7,8)27)30-24(31-23)33(17-14-11-2)18-15-12-3/h21H,10-20,27H2,1-9H3,(H,28,29,30,31). The Bertz CT molecular complexity index is 640. The zero-order valence-corrected chi connectivity index (χ0v) is 23.2. The van der Waals surface area contributed by atoms with Crippen molar-refractivity contribution >= 4 is 17.8 Å². The van der Waals surface area contributed by atoms with Crippen LogP contribution in [-0.2, 0) is 0 Å². The molecule has 0 saturated carbocycles. The highest BCUT2D eigenvalue weighted by Crippen LogP contribution is 2.27. The van der Waals surface area contributed by atoms with Crippen molar-refractivity contribution in [2.75, 3.05) is 41.8 Å². The predicted molar refractivity (Wildman–Crippen MR) is 144 cm³/mol. The molecule has 0 bridgehead atoms. The Morgan fingerprint density at radius 1 is 0.788 bits per heavy atom. The van der Waals surface area contributed by atoms with E-state index in [-0.39, 0.29) is 17.0 Å². The van der Waals surface area contributed by atoms with E-state index in [0.29, 0.717) is 5.95 Å². The molecule has 192 valence electrons. The van der Waals surface area contributed by atoms with E-state index < -0.39 is 0 Å². The van der Waals surface area contributed by atoms with Gasteiger partial charge in [-0.05, 0) is 51.4 Å². The van der Waals surface area contributed by atoms with Crippen LogP contribution in [0, 0.1) is 5.41 Å². The third-order valence-electron chi connectivity index (χ3n) is 5.61. The van der Waals surface area contributed by atoms with Crippen molar-refractivity contribution in [2.24, 2.45) is 11.1 Å². The van der Waals surface area contributed by atoms with Crippen LogP contribution in [0.25, 0.3) is 0 Å². The lowest BCUT2D eigenvalue weighted by atomic mass is 9.83. The van der Waals surface area contributed by atoms with Gasteiger partial charge in [-0.1, -0.05) is 60.8 Å². The summed E-state index contributed by atoms with van der Waals surface area (Å²) in [6.07, 6.45) is 8.67. The minimum Gasteiger partial charge on any atom is -0.351 e. The zero-order chi connectivity index (χ0) is 25.1. The number of anilines is 3. The summed E-state index contributed by atoms with van der Waals surface area (Å²) in [5, 5.41) is 3.66. The predicted octanol–water partition coefficient (Wildman–Crippen LogP) is 5.86. The van der Waals surface area contributed by atoms with Crippen LogP contribution in [0.1, 0.15) is 107 Å². The van der Waals surface area contributed by atoms with Crippen LogP contribution in [0.2, 0.25) is 0 Å². The summed E-state index contributed by atoms with van der Waals surface area (Å²) in [6, 6.07) is 0.189. The van der Waals surface area contributed by atoms with Gasteiger partial charge in [0.2, 0.25) is 17.8 Å². The molecule has 1 atom stereocenters. The third-order valence-corrected chi connectivity index (χ3v) is 5.61. The Morgan fingerprint density at radius 2 is 1.30 bits per heavy atom. The second-order valence-electron chi connectivity index (χ2n) is 11.5. The summed E-state index contributed by atoms with van der Waals surface area (Å²) in [5.74, 6) is 2.19. The maximum Gasteiger partial charge on any atom is 0.231 e. The van der Waals surface area contributed by atoms with Gasteiger partial charge in [-0.25, -0.2) is 0 Å². The SMILES string of the molecule is CCCCN(C)c1nc(NC(CC(C)(C)C)CC(C)(C)N)nc(N(CCCC)CCCC)n1. The Kier molecular flexibility index (Phi) is 12.4. The van der Waals surface area contributed by atoms with Crippen LogP contribution in [0.3, 0.4) is 0 Å². The van der Waals surface area contributed by atoms with Crippen molar-refractivity contribution in [1.82, 2.24) is 15.0 Å². The number of nitrogens with zero attached hydrogens (tertiary/aromatic N) is 5. The van der Waals surface area contributed by atoms with E-state index in [9.17, 15) is 0 Å². The Balaban J connectivity index is 3.34. The number of nitrogens with one attached hydrogen (secondary N) is 1. The van der Waals surface area contributed by atoms with Gasteiger partial charge in [-0.3, -0.25) is 0 Å². The first kappa shape index (κ1) is 29.4. The molecule has 3 N–H and O–H groups in total. The molecular formula is C26H53N7. The fourth-order valence-corrected chi connectivity index (χ4v) is 3.97. The van der Waals surface area contributed by atoms with Gasteiger partial charge in [-0.15, -0.1) is 0 Å². The molecule has 7 nitrogen and oxygen atoms in total.